The van der Waals surface area contributed by atoms with Gasteiger partial charge in [-0.3, -0.25) is 37.3 Å². The molecule has 0 bridgehead atoms. The van der Waals surface area contributed by atoms with Crippen LogP contribution in [0.1, 0.15) is 389 Å². The molecule has 0 amide bonds. The zero-order chi connectivity index (χ0) is 71.0. The Kier molecular flexibility index (Phi) is 65.0. The number of carbonyl (C=O) groups excluding carboxylic acids is 4. The average Bonchev–Trinajstić information content (AvgIpc) is 3.70. The van der Waals surface area contributed by atoms with Crippen LogP contribution in [-0.4, -0.2) is 96.7 Å². The summed E-state index contributed by atoms with van der Waals surface area (Å²) in [5, 5.41) is 10.6. The van der Waals surface area contributed by atoms with Gasteiger partial charge in [0.2, 0.25) is 0 Å². The van der Waals surface area contributed by atoms with Crippen molar-refractivity contribution >= 4 is 39.5 Å². The summed E-state index contributed by atoms with van der Waals surface area (Å²) in [7, 11) is -9.92. The summed E-state index contributed by atoms with van der Waals surface area (Å²) >= 11 is 0. The lowest BCUT2D eigenvalue weighted by atomic mass is 10.00. The van der Waals surface area contributed by atoms with Gasteiger partial charge in [-0.25, -0.2) is 9.13 Å². The van der Waals surface area contributed by atoms with E-state index in [0.29, 0.717) is 25.7 Å². The molecule has 3 N–H and O–H groups in total. The van der Waals surface area contributed by atoms with Gasteiger partial charge in [0.05, 0.1) is 26.4 Å². The largest absolute Gasteiger partial charge is 0.472 e. The van der Waals surface area contributed by atoms with Crippen LogP contribution in [0, 0.1) is 23.7 Å². The molecule has 17 nitrogen and oxygen atoms in total. The number of unbranched alkanes of at least 4 members (excludes halogenated alkanes) is 39. The third kappa shape index (κ3) is 69.2. The summed E-state index contributed by atoms with van der Waals surface area (Å²) in [5.41, 5.74) is 0. The van der Waals surface area contributed by atoms with E-state index < -0.39 is 97.5 Å². The second-order valence-corrected chi connectivity index (χ2v) is 32.3. The van der Waals surface area contributed by atoms with Gasteiger partial charge in [0.25, 0.3) is 0 Å². The minimum absolute atomic E-state index is 0.105. The van der Waals surface area contributed by atoms with Crippen molar-refractivity contribution < 1.29 is 80.2 Å². The molecule has 0 fully saturated rings. The molecule has 570 valence electrons. The van der Waals surface area contributed by atoms with Crippen LogP contribution in [0.2, 0.25) is 0 Å². The fraction of sp³-hybridized carbons (Fsp3) is 0.948. The van der Waals surface area contributed by atoms with Crippen molar-refractivity contribution in [2.24, 2.45) is 23.7 Å². The highest BCUT2D eigenvalue weighted by atomic mass is 31.2. The molecular weight excluding hydrogens is 1260 g/mol. The van der Waals surface area contributed by atoms with E-state index in [4.69, 9.17) is 37.0 Å². The highest BCUT2D eigenvalue weighted by Gasteiger charge is 2.30. The van der Waals surface area contributed by atoms with Crippen molar-refractivity contribution in [1.82, 2.24) is 0 Å². The molecule has 6 atom stereocenters. The normalized spacial score (nSPS) is 14.4. The van der Waals surface area contributed by atoms with Gasteiger partial charge in [-0.05, 0) is 49.4 Å². The Morgan fingerprint density at radius 1 is 0.292 bits per heavy atom. The van der Waals surface area contributed by atoms with Crippen molar-refractivity contribution in [3.63, 3.8) is 0 Å². The Morgan fingerprint density at radius 2 is 0.500 bits per heavy atom. The molecule has 0 heterocycles. The number of phosphoric ester groups is 2. The van der Waals surface area contributed by atoms with Crippen LogP contribution in [0.15, 0.2) is 0 Å². The first-order chi connectivity index (χ1) is 46.1. The lowest BCUT2D eigenvalue weighted by Gasteiger charge is -2.21. The first-order valence-electron chi connectivity index (χ1n) is 39.7. The van der Waals surface area contributed by atoms with Crippen LogP contribution in [0.25, 0.3) is 0 Å². The van der Waals surface area contributed by atoms with Crippen LogP contribution >= 0.6 is 15.6 Å². The van der Waals surface area contributed by atoms with Crippen LogP contribution < -0.4 is 0 Å². The predicted octanol–water partition coefficient (Wildman–Crippen LogP) is 22.4. The zero-order valence-electron chi connectivity index (χ0n) is 63.0. The Labute approximate surface area is 588 Å². The van der Waals surface area contributed by atoms with E-state index >= 15 is 0 Å². The summed E-state index contributed by atoms with van der Waals surface area (Å²) < 4.78 is 68.6. The molecule has 0 aliphatic heterocycles. The van der Waals surface area contributed by atoms with E-state index in [1.54, 1.807) is 0 Å². The zero-order valence-corrected chi connectivity index (χ0v) is 64.8. The summed E-state index contributed by atoms with van der Waals surface area (Å²) in [6, 6.07) is 0. The molecule has 0 aromatic heterocycles. The Bertz CT molecular complexity index is 1890. The Hall–Kier alpha value is -1.94. The molecule has 19 heteroatoms. The maximum Gasteiger partial charge on any atom is 0.472 e. The average molecular weight is 1410 g/mol. The lowest BCUT2D eigenvalue weighted by molar-refractivity contribution is -0.161. The summed E-state index contributed by atoms with van der Waals surface area (Å²) in [6.07, 6.45) is 51.4. The van der Waals surface area contributed by atoms with Crippen molar-refractivity contribution in [3.05, 3.63) is 0 Å². The van der Waals surface area contributed by atoms with Crippen molar-refractivity contribution in [1.29, 1.82) is 0 Å². The highest BCUT2D eigenvalue weighted by molar-refractivity contribution is 7.47. The summed E-state index contributed by atoms with van der Waals surface area (Å²) in [5.74, 6) is 0.943. The van der Waals surface area contributed by atoms with Crippen LogP contribution in [0.4, 0.5) is 0 Å². The Balaban J connectivity index is 5.23. The number of ether oxygens (including phenoxy) is 4. The number of aliphatic hydroxyl groups excluding tert-OH is 1. The molecule has 0 aliphatic carbocycles. The van der Waals surface area contributed by atoms with Gasteiger partial charge in [-0.2, -0.15) is 0 Å². The van der Waals surface area contributed by atoms with Gasteiger partial charge in [-0.1, -0.05) is 338 Å². The van der Waals surface area contributed by atoms with Gasteiger partial charge < -0.3 is 33.8 Å². The lowest BCUT2D eigenvalue weighted by Crippen LogP contribution is -2.30. The molecular formula is C77H150O17P2. The fourth-order valence-corrected chi connectivity index (χ4v) is 13.3. The second-order valence-electron chi connectivity index (χ2n) is 29.4. The van der Waals surface area contributed by atoms with E-state index in [9.17, 15) is 43.2 Å². The molecule has 0 spiro atoms. The fourth-order valence-electron chi connectivity index (χ4n) is 11.7. The van der Waals surface area contributed by atoms with Gasteiger partial charge >= 0.3 is 39.5 Å². The molecule has 0 aromatic rings. The molecule has 0 aliphatic rings. The molecule has 0 saturated carbocycles. The molecule has 0 saturated heterocycles. The Morgan fingerprint density at radius 3 is 0.740 bits per heavy atom. The first-order valence-corrected chi connectivity index (χ1v) is 42.7. The van der Waals surface area contributed by atoms with E-state index in [0.717, 1.165) is 120 Å². The van der Waals surface area contributed by atoms with Crippen molar-refractivity contribution in [3.8, 4) is 0 Å². The third-order valence-corrected chi connectivity index (χ3v) is 20.1. The molecule has 96 heavy (non-hydrogen) atoms. The van der Waals surface area contributed by atoms with E-state index in [2.05, 4.69) is 55.4 Å². The number of phosphoric acid groups is 2. The number of esters is 4. The van der Waals surface area contributed by atoms with Crippen LogP contribution in [0.5, 0.6) is 0 Å². The quantitative estimate of drug-likeness (QED) is 0.0222. The summed E-state index contributed by atoms with van der Waals surface area (Å²) in [4.78, 5) is 72.8. The van der Waals surface area contributed by atoms with Crippen molar-refractivity contribution in [2.45, 2.75) is 408 Å². The van der Waals surface area contributed by atoms with Crippen LogP contribution in [-0.2, 0) is 65.4 Å². The first kappa shape index (κ1) is 94.1. The molecule has 0 rings (SSSR count). The maximum atomic E-state index is 13.1. The number of hydrogen-bond acceptors (Lipinski definition) is 15. The van der Waals surface area contributed by atoms with Crippen LogP contribution in [0.3, 0.4) is 0 Å². The molecule has 3 unspecified atom stereocenters. The number of rotatable bonds is 74. The molecule has 0 aromatic carbocycles. The summed E-state index contributed by atoms with van der Waals surface area (Å²) in [6.45, 7) is 14.2. The number of aliphatic hydroxyl groups is 1. The SMILES string of the molecule is CCC(C)CCCCCCCCC(=O)OC[C@H](COP(=O)(O)OC[C@H](O)COP(=O)(O)OC[C@@H](COC(=O)CCCCCCCCCCCCCC(C)C)OC(=O)CCCCCCCCCCCCC(C)C)OC(=O)CCCCCCCCCCCCCCCCCCC(C)C. The third-order valence-electron chi connectivity index (χ3n) is 18.2. The van der Waals surface area contributed by atoms with E-state index in [1.807, 2.05) is 0 Å². The monoisotopic (exact) mass is 1410 g/mol. The second kappa shape index (κ2) is 66.3. The van der Waals surface area contributed by atoms with E-state index in [1.165, 1.54) is 186 Å². The minimum atomic E-state index is -4.96. The topological polar surface area (TPSA) is 237 Å². The smallest absolute Gasteiger partial charge is 0.462 e. The maximum absolute atomic E-state index is 13.1. The highest BCUT2D eigenvalue weighted by Crippen LogP contribution is 2.45. The standard InChI is InChI=1S/C77H150O17P2/c1-9-70(8)56-48-40-35-36-42-50-58-75(80)88-64-73(94-76(81)59-51-43-33-27-19-15-13-11-10-12-14-17-23-29-37-45-53-67(2)3)66-92-96(85,86)90-62-71(78)61-89-95(83,84)91-65-72(93-77(82)60-52-44-34-28-22-21-25-31-39-47-55-69(6)7)63-87-74(79)57-49-41-32-26-20-16-18-24-30-38-46-54-68(4)5/h67-73,78H,9-66H2,1-8H3,(H,83,84)(H,85,86)/t70?,71-,72-,73-/m1/s1. The predicted molar refractivity (Wildman–Crippen MR) is 391 cm³/mol. The molecule has 0 radical (unpaired) electrons. The minimum Gasteiger partial charge on any atom is -0.462 e. The van der Waals surface area contributed by atoms with Gasteiger partial charge in [-0.15, -0.1) is 0 Å². The van der Waals surface area contributed by atoms with E-state index in [-0.39, 0.29) is 25.7 Å². The van der Waals surface area contributed by atoms with Gasteiger partial charge in [0, 0.05) is 25.7 Å². The van der Waals surface area contributed by atoms with Crippen molar-refractivity contribution in [2.75, 3.05) is 39.6 Å². The van der Waals surface area contributed by atoms with Gasteiger partial charge in [0.15, 0.2) is 12.2 Å². The van der Waals surface area contributed by atoms with Gasteiger partial charge in [0.1, 0.15) is 19.3 Å². The number of carbonyl (C=O) groups is 4. The number of hydrogen-bond donors (Lipinski definition) is 3.